The lowest BCUT2D eigenvalue weighted by molar-refractivity contribution is -0.384. The molecule has 1 N–H and O–H groups in total. The summed E-state index contributed by atoms with van der Waals surface area (Å²) >= 11 is 0. The minimum absolute atomic E-state index is 0.0997. The molecule has 0 aliphatic carbocycles. The number of methoxy groups -OCH3 is 2. The van der Waals surface area contributed by atoms with Crippen LogP contribution in [0.4, 0.5) is 11.4 Å². The Morgan fingerprint density at radius 1 is 1.16 bits per heavy atom. The van der Waals surface area contributed by atoms with E-state index in [0.29, 0.717) is 0 Å². The van der Waals surface area contributed by atoms with Gasteiger partial charge in [-0.2, -0.15) is 0 Å². The van der Waals surface area contributed by atoms with Crippen molar-refractivity contribution in [2.24, 2.45) is 0 Å². The number of benzene rings is 1. The predicted molar refractivity (Wildman–Crippen MR) is 82.5 cm³/mol. The number of aliphatic carboxylic acids is 1. The van der Waals surface area contributed by atoms with Crippen molar-refractivity contribution in [2.75, 3.05) is 38.8 Å². The second kappa shape index (κ2) is 9.05. The Labute approximate surface area is 141 Å². The lowest BCUT2D eigenvalue weighted by atomic mass is 10.2. The fourth-order valence-electron chi connectivity index (χ4n) is 1.80. The summed E-state index contributed by atoms with van der Waals surface area (Å²) in [4.78, 5) is 45.2. The second-order valence-corrected chi connectivity index (χ2v) is 4.60. The summed E-state index contributed by atoms with van der Waals surface area (Å²) < 4.78 is 14.1. The lowest BCUT2D eigenvalue weighted by Crippen LogP contribution is -2.36. The second-order valence-electron chi connectivity index (χ2n) is 4.60. The zero-order valence-corrected chi connectivity index (χ0v) is 13.5. The van der Waals surface area contributed by atoms with Crippen LogP contribution in [0.25, 0.3) is 0 Å². The summed E-state index contributed by atoms with van der Waals surface area (Å²) in [7, 11) is 2.30. The Balaban J connectivity index is 3.28. The third-order valence-corrected chi connectivity index (χ3v) is 2.94. The zero-order valence-electron chi connectivity index (χ0n) is 13.5. The van der Waals surface area contributed by atoms with E-state index in [0.717, 1.165) is 26.4 Å². The van der Waals surface area contributed by atoms with Gasteiger partial charge in [-0.3, -0.25) is 19.7 Å². The van der Waals surface area contributed by atoms with Crippen molar-refractivity contribution in [1.82, 2.24) is 0 Å². The molecule has 11 nitrogen and oxygen atoms in total. The molecule has 0 spiro atoms. The van der Waals surface area contributed by atoms with Crippen LogP contribution >= 0.6 is 0 Å². The predicted octanol–water partition coefficient (Wildman–Crippen LogP) is 0.211. The van der Waals surface area contributed by atoms with Crippen molar-refractivity contribution < 1.29 is 38.6 Å². The van der Waals surface area contributed by atoms with Gasteiger partial charge in [0.05, 0.1) is 30.9 Å². The number of anilines is 1. The van der Waals surface area contributed by atoms with Crippen LogP contribution in [0.2, 0.25) is 0 Å². The molecule has 25 heavy (non-hydrogen) atoms. The Morgan fingerprint density at radius 2 is 1.72 bits per heavy atom. The van der Waals surface area contributed by atoms with Gasteiger partial charge in [0.25, 0.3) is 5.69 Å². The van der Waals surface area contributed by atoms with E-state index in [9.17, 15) is 24.5 Å². The first-order valence-corrected chi connectivity index (χ1v) is 6.80. The Bertz CT molecular complexity index is 656. The molecule has 0 radical (unpaired) electrons. The molecule has 11 heteroatoms. The first kappa shape index (κ1) is 19.7. The molecule has 0 bridgehead atoms. The van der Waals surface area contributed by atoms with E-state index in [2.05, 4.69) is 9.47 Å². The summed E-state index contributed by atoms with van der Waals surface area (Å²) in [5, 5.41) is 19.6. The van der Waals surface area contributed by atoms with Gasteiger partial charge >= 0.3 is 17.9 Å². The van der Waals surface area contributed by atoms with Gasteiger partial charge in [-0.1, -0.05) is 0 Å². The van der Waals surface area contributed by atoms with Crippen molar-refractivity contribution in [3.05, 3.63) is 28.3 Å². The first-order chi connectivity index (χ1) is 11.8. The molecular formula is C14H16N2O9. The van der Waals surface area contributed by atoms with Crippen LogP contribution in [0.15, 0.2) is 18.2 Å². The third kappa shape index (κ3) is 5.97. The maximum atomic E-state index is 11.6. The Morgan fingerprint density at radius 3 is 2.16 bits per heavy atom. The largest absolute Gasteiger partial charge is 0.479 e. The molecule has 1 rings (SSSR count). The molecule has 136 valence electrons. The molecule has 0 saturated carbocycles. The van der Waals surface area contributed by atoms with Crippen molar-refractivity contribution in [2.45, 2.75) is 0 Å². The van der Waals surface area contributed by atoms with E-state index in [1.807, 2.05) is 0 Å². The number of esters is 2. The van der Waals surface area contributed by atoms with E-state index < -0.39 is 29.4 Å². The van der Waals surface area contributed by atoms with Gasteiger partial charge in [0, 0.05) is 6.07 Å². The summed E-state index contributed by atoms with van der Waals surface area (Å²) in [6, 6.07) is 3.37. The molecule has 0 saturated heterocycles. The number of hydrogen-bond donors (Lipinski definition) is 1. The average molecular weight is 356 g/mol. The smallest absolute Gasteiger partial charge is 0.341 e. The number of carbonyl (C=O) groups is 3. The van der Waals surface area contributed by atoms with E-state index in [-0.39, 0.29) is 30.2 Å². The third-order valence-electron chi connectivity index (χ3n) is 2.94. The van der Waals surface area contributed by atoms with Crippen LogP contribution in [0.3, 0.4) is 0 Å². The van der Waals surface area contributed by atoms with Crippen molar-refractivity contribution in [3.63, 3.8) is 0 Å². The number of carbonyl (C=O) groups excluding carboxylic acids is 2. The zero-order chi connectivity index (χ0) is 19.0. The number of carboxylic acid groups (broad SMARTS) is 1. The first-order valence-electron chi connectivity index (χ1n) is 6.80. The number of non-ortho nitro benzene ring substituents is 1. The number of hydrogen-bond acceptors (Lipinski definition) is 9. The van der Waals surface area contributed by atoms with Crippen LogP contribution in [-0.2, 0) is 23.9 Å². The van der Waals surface area contributed by atoms with E-state index in [1.54, 1.807) is 0 Å². The molecule has 0 aromatic heterocycles. The number of rotatable bonds is 9. The maximum absolute atomic E-state index is 11.6. The van der Waals surface area contributed by atoms with E-state index in [1.165, 1.54) is 11.0 Å². The fourth-order valence-corrected chi connectivity index (χ4v) is 1.80. The normalized spacial score (nSPS) is 9.84. The molecule has 0 unspecified atom stereocenters. The van der Waals surface area contributed by atoms with Crippen LogP contribution in [0, 0.1) is 10.1 Å². The topological polar surface area (TPSA) is 146 Å². The summed E-state index contributed by atoms with van der Waals surface area (Å²) in [5.74, 6) is -2.85. The molecule has 0 heterocycles. The number of nitro groups is 1. The molecule has 0 amide bonds. The standard InChI is InChI=1S/C14H16N2O9/c1-23-13(19)6-15(7-14(20)24-2)10-4-3-9(16(21)22)5-11(10)25-8-12(17)18/h3-5H,6-8H2,1-2H3,(H,17,18). The van der Waals surface area contributed by atoms with Crippen LogP contribution < -0.4 is 9.64 Å². The molecule has 0 atom stereocenters. The average Bonchev–Trinajstić information content (AvgIpc) is 2.58. The highest BCUT2D eigenvalue weighted by Gasteiger charge is 2.22. The number of nitro benzene ring substituents is 1. The maximum Gasteiger partial charge on any atom is 0.341 e. The van der Waals surface area contributed by atoms with Crippen LogP contribution in [0.1, 0.15) is 0 Å². The fraction of sp³-hybridized carbons (Fsp3) is 0.357. The van der Waals surface area contributed by atoms with Gasteiger partial charge < -0.3 is 24.2 Å². The van der Waals surface area contributed by atoms with Gasteiger partial charge in [0.2, 0.25) is 0 Å². The van der Waals surface area contributed by atoms with Gasteiger partial charge in [0.1, 0.15) is 18.8 Å². The van der Waals surface area contributed by atoms with E-state index in [4.69, 9.17) is 9.84 Å². The van der Waals surface area contributed by atoms with Gasteiger partial charge in [-0.25, -0.2) is 4.79 Å². The highest BCUT2D eigenvalue weighted by molar-refractivity contribution is 5.83. The quantitative estimate of drug-likeness (QED) is 0.370. The van der Waals surface area contributed by atoms with Crippen molar-refractivity contribution >= 4 is 29.3 Å². The van der Waals surface area contributed by atoms with Crippen molar-refractivity contribution in [1.29, 1.82) is 0 Å². The number of nitrogens with zero attached hydrogens (tertiary/aromatic N) is 2. The number of ether oxygens (including phenoxy) is 3. The monoisotopic (exact) mass is 356 g/mol. The van der Waals surface area contributed by atoms with Gasteiger partial charge in [-0.05, 0) is 6.07 Å². The number of carboxylic acids is 1. The Kier molecular flexibility index (Phi) is 7.13. The van der Waals surface area contributed by atoms with Gasteiger partial charge in [-0.15, -0.1) is 0 Å². The summed E-state index contributed by atoms with van der Waals surface area (Å²) in [6.45, 7) is -1.53. The highest BCUT2D eigenvalue weighted by Crippen LogP contribution is 2.32. The molecular weight excluding hydrogens is 340 g/mol. The molecule has 1 aromatic carbocycles. The summed E-state index contributed by atoms with van der Waals surface area (Å²) in [6.07, 6.45) is 0. The minimum Gasteiger partial charge on any atom is -0.479 e. The molecule has 1 aromatic rings. The SMILES string of the molecule is COC(=O)CN(CC(=O)OC)c1ccc([N+](=O)[O-])cc1OCC(=O)O. The van der Waals surface area contributed by atoms with Crippen molar-refractivity contribution in [3.8, 4) is 5.75 Å². The molecule has 0 aliphatic rings. The Hall–Kier alpha value is -3.37. The summed E-state index contributed by atoms with van der Waals surface area (Å²) in [5.41, 5.74) is -0.247. The molecule has 0 fully saturated rings. The minimum atomic E-state index is -1.30. The van der Waals surface area contributed by atoms with Crippen LogP contribution in [0.5, 0.6) is 5.75 Å². The lowest BCUT2D eigenvalue weighted by Gasteiger charge is -2.24. The highest BCUT2D eigenvalue weighted by atomic mass is 16.6. The molecule has 0 aliphatic heterocycles. The van der Waals surface area contributed by atoms with Crippen LogP contribution in [-0.4, -0.2) is 61.9 Å². The van der Waals surface area contributed by atoms with E-state index >= 15 is 0 Å². The van der Waals surface area contributed by atoms with Gasteiger partial charge in [0.15, 0.2) is 6.61 Å².